The van der Waals surface area contributed by atoms with Crippen LogP contribution in [0, 0.1) is 11.3 Å². The Kier molecular flexibility index (Phi) is 4.99. The smallest absolute Gasteiger partial charge is 0.227 e. The molecule has 1 rings (SSSR count). The molecule has 0 aromatic carbocycles. The van der Waals surface area contributed by atoms with Crippen LogP contribution in [0.15, 0.2) is 0 Å². The van der Waals surface area contributed by atoms with E-state index in [0.717, 1.165) is 32.1 Å². The Morgan fingerprint density at radius 1 is 1.24 bits per heavy atom. The van der Waals surface area contributed by atoms with Crippen molar-refractivity contribution in [1.82, 2.24) is 4.90 Å². The van der Waals surface area contributed by atoms with Gasteiger partial charge in [0.2, 0.25) is 5.91 Å². The Morgan fingerprint density at radius 3 is 2.18 bits per heavy atom. The van der Waals surface area contributed by atoms with Gasteiger partial charge >= 0.3 is 0 Å². The molecule has 1 aliphatic carbocycles. The lowest BCUT2D eigenvalue weighted by atomic mass is 9.83. The Morgan fingerprint density at radius 2 is 1.76 bits per heavy atom. The van der Waals surface area contributed by atoms with E-state index < -0.39 is 0 Å². The SMILES string of the molecule is CN(C(=O)C(C)(C)C)C1CCC(CCO)CC1. The van der Waals surface area contributed by atoms with Crippen molar-refractivity contribution in [3.8, 4) is 0 Å². The first-order valence-corrected chi connectivity index (χ1v) is 6.74. The summed E-state index contributed by atoms with van der Waals surface area (Å²) in [5.74, 6) is 0.900. The summed E-state index contributed by atoms with van der Waals surface area (Å²) in [4.78, 5) is 14.1. The van der Waals surface area contributed by atoms with Gasteiger partial charge < -0.3 is 10.0 Å². The molecule has 0 heterocycles. The predicted molar refractivity (Wildman–Crippen MR) is 69.7 cm³/mol. The number of aliphatic hydroxyl groups excluding tert-OH is 1. The lowest BCUT2D eigenvalue weighted by Gasteiger charge is -2.37. The van der Waals surface area contributed by atoms with Crippen molar-refractivity contribution in [2.24, 2.45) is 11.3 Å². The minimum Gasteiger partial charge on any atom is -0.396 e. The van der Waals surface area contributed by atoms with Gasteiger partial charge in [-0.2, -0.15) is 0 Å². The summed E-state index contributed by atoms with van der Waals surface area (Å²) >= 11 is 0. The average molecular weight is 241 g/mol. The summed E-state index contributed by atoms with van der Waals surface area (Å²) in [6.07, 6.45) is 5.38. The molecule has 1 fully saturated rings. The Labute approximate surface area is 105 Å². The molecule has 3 heteroatoms. The highest BCUT2D eigenvalue weighted by molar-refractivity contribution is 5.81. The van der Waals surface area contributed by atoms with E-state index >= 15 is 0 Å². The van der Waals surface area contributed by atoms with E-state index in [1.165, 1.54) is 0 Å². The van der Waals surface area contributed by atoms with Crippen LogP contribution in [0.1, 0.15) is 52.9 Å². The van der Waals surface area contributed by atoms with Crippen LogP contribution in [-0.4, -0.2) is 35.6 Å². The molecule has 0 aromatic heterocycles. The van der Waals surface area contributed by atoms with Crippen molar-refractivity contribution in [2.75, 3.05) is 13.7 Å². The van der Waals surface area contributed by atoms with Gasteiger partial charge in [0, 0.05) is 25.1 Å². The second-order valence-electron chi connectivity index (χ2n) is 6.35. The zero-order valence-corrected chi connectivity index (χ0v) is 11.7. The van der Waals surface area contributed by atoms with Crippen molar-refractivity contribution in [3.63, 3.8) is 0 Å². The van der Waals surface area contributed by atoms with E-state index in [4.69, 9.17) is 5.11 Å². The molecule has 17 heavy (non-hydrogen) atoms. The molecule has 1 aliphatic rings. The van der Waals surface area contributed by atoms with E-state index in [1.54, 1.807) is 0 Å². The number of carbonyl (C=O) groups excluding carboxylic acids is 1. The lowest BCUT2D eigenvalue weighted by molar-refractivity contribution is -0.141. The highest BCUT2D eigenvalue weighted by Crippen LogP contribution is 2.30. The molecule has 1 amide bonds. The van der Waals surface area contributed by atoms with Crippen molar-refractivity contribution in [3.05, 3.63) is 0 Å². The maximum Gasteiger partial charge on any atom is 0.227 e. The molecule has 0 spiro atoms. The summed E-state index contributed by atoms with van der Waals surface area (Å²) in [5.41, 5.74) is -0.281. The summed E-state index contributed by atoms with van der Waals surface area (Å²) in [6, 6.07) is 0.400. The minimum atomic E-state index is -0.281. The van der Waals surface area contributed by atoms with Crippen molar-refractivity contribution in [1.29, 1.82) is 0 Å². The Balaban J connectivity index is 2.46. The quantitative estimate of drug-likeness (QED) is 0.824. The minimum absolute atomic E-state index is 0.239. The number of amides is 1. The third kappa shape index (κ3) is 3.98. The van der Waals surface area contributed by atoms with E-state index in [0.29, 0.717) is 18.6 Å². The zero-order chi connectivity index (χ0) is 13.1. The molecule has 3 nitrogen and oxygen atoms in total. The summed E-state index contributed by atoms with van der Waals surface area (Å²) < 4.78 is 0. The first-order chi connectivity index (χ1) is 7.86. The maximum atomic E-state index is 12.2. The van der Waals surface area contributed by atoms with Crippen LogP contribution < -0.4 is 0 Å². The number of hydrogen-bond acceptors (Lipinski definition) is 2. The van der Waals surface area contributed by atoms with Gasteiger partial charge in [0.15, 0.2) is 0 Å². The van der Waals surface area contributed by atoms with Crippen LogP contribution in [-0.2, 0) is 4.79 Å². The molecular weight excluding hydrogens is 214 g/mol. The van der Waals surface area contributed by atoms with Crippen molar-refractivity contribution >= 4 is 5.91 Å². The average Bonchev–Trinajstić information content (AvgIpc) is 2.27. The van der Waals surface area contributed by atoms with Gasteiger partial charge in [0.25, 0.3) is 0 Å². The van der Waals surface area contributed by atoms with E-state index in [-0.39, 0.29) is 11.3 Å². The van der Waals surface area contributed by atoms with Crippen LogP contribution in [0.5, 0.6) is 0 Å². The number of rotatable bonds is 3. The second kappa shape index (κ2) is 5.85. The van der Waals surface area contributed by atoms with Gasteiger partial charge in [-0.1, -0.05) is 20.8 Å². The maximum absolute atomic E-state index is 12.2. The molecule has 100 valence electrons. The van der Waals surface area contributed by atoms with Gasteiger partial charge in [-0.15, -0.1) is 0 Å². The zero-order valence-electron chi connectivity index (χ0n) is 11.7. The molecule has 0 atom stereocenters. The normalized spacial score (nSPS) is 25.7. The Bertz CT molecular complexity index is 249. The molecule has 1 saturated carbocycles. The predicted octanol–water partition coefficient (Wildman–Crippen LogP) is 2.43. The fraction of sp³-hybridized carbons (Fsp3) is 0.929. The van der Waals surface area contributed by atoms with E-state index in [1.807, 2.05) is 32.7 Å². The topological polar surface area (TPSA) is 40.5 Å². The fourth-order valence-electron chi connectivity index (χ4n) is 2.70. The van der Waals surface area contributed by atoms with E-state index in [2.05, 4.69) is 0 Å². The number of nitrogens with zero attached hydrogens (tertiary/aromatic N) is 1. The molecule has 0 saturated heterocycles. The third-order valence-electron chi connectivity index (χ3n) is 3.86. The molecular formula is C14H27NO2. The van der Waals surface area contributed by atoms with Gasteiger partial charge in [0.1, 0.15) is 0 Å². The molecule has 0 radical (unpaired) electrons. The van der Waals surface area contributed by atoms with Gasteiger partial charge in [-0.05, 0) is 38.0 Å². The first-order valence-electron chi connectivity index (χ1n) is 6.74. The largest absolute Gasteiger partial charge is 0.396 e. The second-order valence-corrected chi connectivity index (χ2v) is 6.35. The van der Waals surface area contributed by atoms with Crippen LogP contribution >= 0.6 is 0 Å². The number of carbonyl (C=O) groups is 1. The van der Waals surface area contributed by atoms with Crippen LogP contribution in [0.2, 0.25) is 0 Å². The van der Waals surface area contributed by atoms with Crippen molar-refractivity contribution < 1.29 is 9.90 Å². The Hall–Kier alpha value is -0.570. The summed E-state index contributed by atoms with van der Waals surface area (Å²) in [7, 11) is 1.94. The van der Waals surface area contributed by atoms with Gasteiger partial charge in [0.05, 0.1) is 0 Å². The molecule has 0 bridgehead atoms. The van der Waals surface area contributed by atoms with Gasteiger partial charge in [-0.3, -0.25) is 4.79 Å². The van der Waals surface area contributed by atoms with Crippen LogP contribution in [0.25, 0.3) is 0 Å². The molecule has 0 unspecified atom stereocenters. The van der Waals surface area contributed by atoms with Crippen LogP contribution in [0.3, 0.4) is 0 Å². The highest BCUT2D eigenvalue weighted by atomic mass is 16.3. The molecule has 0 aromatic rings. The van der Waals surface area contributed by atoms with Crippen molar-refractivity contribution in [2.45, 2.75) is 58.9 Å². The fourth-order valence-corrected chi connectivity index (χ4v) is 2.70. The lowest BCUT2D eigenvalue weighted by Crippen LogP contribution is -2.44. The summed E-state index contributed by atoms with van der Waals surface area (Å²) in [6.45, 7) is 6.22. The van der Waals surface area contributed by atoms with E-state index in [9.17, 15) is 4.79 Å². The first kappa shape index (κ1) is 14.5. The van der Waals surface area contributed by atoms with Crippen LogP contribution in [0.4, 0.5) is 0 Å². The number of aliphatic hydroxyl groups is 1. The number of hydrogen-bond donors (Lipinski definition) is 1. The van der Waals surface area contributed by atoms with Gasteiger partial charge in [-0.25, -0.2) is 0 Å². The standard InChI is InChI=1S/C14H27NO2/c1-14(2,3)13(17)15(4)12-7-5-11(6-8-12)9-10-16/h11-12,16H,5-10H2,1-4H3. The molecule has 1 N–H and O–H groups in total. The molecule has 0 aliphatic heterocycles. The third-order valence-corrected chi connectivity index (χ3v) is 3.86. The highest BCUT2D eigenvalue weighted by Gasteiger charge is 2.31. The summed E-state index contributed by atoms with van der Waals surface area (Å²) in [5, 5.41) is 8.92. The monoisotopic (exact) mass is 241 g/mol.